The second kappa shape index (κ2) is 10.3. The highest BCUT2D eigenvalue weighted by molar-refractivity contribution is 5.33. The van der Waals surface area contributed by atoms with Gasteiger partial charge >= 0.3 is 0 Å². The highest BCUT2D eigenvalue weighted by atomic mass is 16.7. The first-order valence-corrected chi connectivity index (χ1v) is 10.2. The Kier molecular flexibility index (Phi) is 7.74. The van der Waals surface area contributed by atoms with Crippen LogP contribution in [0.4, 0.5) is 0 Å². The zero-order valence-electron chi connectivity index (χ0n) is 16.1. The smallest absolute Gasteiger partial charge is 0.124 e. The van der Waals surface area contributed by atoms with E-state index in [1.165, 1.54) is 38.5 Å². The molecule has 0 aromatic heterocycles. The zero-order chi connectivity index (χ0) is 18.2. The second-order valence-corrected chi connectivity index (χ2v) is 7.71. The van der Waals surface area contributed by atoms with E-state index < -0.39 is 6.10 Å². The Morgan fingerprint density at radius 3 is 2.77 bits per heavy atom. The van der Waals surface area contributed by atoms with Gasteiger partial charge in [0.05, 0.1) is 13.2 Å². The van der Waals surface area contributed by atoms with Gasteiger partial charge in [0.2, 0.25) is 0 Å². The van der Waals surface area contributed by atoms with Gasteiger partial charge in [-0.25, -0.2) is 0 Å². The summed E-state index contributed by atoms with van der Waals surface area (Å²) in [6.07, 6.45) is 8.33. The molecule has 146 valence electrons. The number of likely N-dealkylation sites (N-methyl/N-ethyl adjacent to an activating group) is 1. The van der Waals surface area contributed by atoms with Crippen molar-refractivity contribution >= 4 is 0 Å². The molecule has 1 heterocycles. The van der Waals surface area contributed by atoms with Crippen molar-refractivity contribution in [2.24, 2.45) is 0 Å². The number of hydrogen-bond acceptors (Lipinski definition) is 5. The van der Waals surface area contributed by atoms with Crippen LogP contribution in [0.15, 0.2) is 24.3 Å². The fourth-order valence-corrected chi connectivity index (χ4v) is 3.98. The summed E-state index contributed by atoms with van der Waals surface area (Å²) in [5.41, 5.74) is 1.11. The lowest BCUT2D eigenvalue weighted by Gasteiger charge is -2.32. The number of ether oxygens (including phenoxy) is 1. The molecule has 0 bridgehead atoms. The van der Waals surface area contributed by atoms with Crippen molar-refractivity contribution in [3.8, 4) is 5.75 Å². The topological polar surface area (TPSA) is 45.2 Å². The molecule has 0 unspecified atom stereocenters. The molecular formula is C21H34N2O3. The molecule has 5 nitrogen and oxygen atoms in total. The van der Waals surface area contributed by atoms with Gasteiger partial charge in [0.25, 0.3) is 0 Å². The largest absolute Gasteiger partial charge is 0.491 e. The van der Waals surface area contributed by atoms with Crippen LogP contribution < -0.4 is 4.74 Å². The van der Waals surface area contributed by atoms with E-state index >= 15 is 0 Å². The molecule has 3 rings (SSSR count). The van der Waals surface area contributed by atoms with Gasteiger partial charge < -0.3 is 14.7 Å². The van der Waals surface area contributed by atoms with E-state index in [0.717, 1.165) is 37.4 Å². The Labute approximate surface area is 157 Å². The van der Waals surface area contributed by atoms with Crippen molar-refractivity contribution in [2.75, 3.05) is 33.4 Å². The predicted octanol–water partition coefficient (Wildman–Crippen LogP) is 3.22. The molecule has 1 N–H and O–H groups in total. The SMILES string of the molecule is CN(C[C@H](O)COc1ccccc1CN1CCCCO1)C1CCCCC1. The van der Waals surface area contributed by atoms with Crippen molar-refractivity contribution in [3.63, 3.8) is 0 Å². The lowest BCUT2D eigenvalue weighted by Crippen LogP contribution is -2.40. The van der Waals surface area contributed by atoms with Crippen molar-refractivity contribution in [1.29, 1.82) is 0 Å². The maximum absolute atomic E-state index is 10.4. The summed E-state index contributed by atoms with van der Waals surface area (Å²) in [6, 6.07) is 8.68. The summed E-state index contributed by atoms with van der Waals surface area (Å²) >= 11 is 0. The van der Waals surface area contributed by atoms with E-state index in [9.17, 15) is 5.11 Å². The number of para-hydroxylation sites is 1. The van der Waals surface area contributed by atoms with Gasteiger partial charge in [0, 0.05) is 24.7 Å². The van der Waals surface area contributed by atoms with Crippen molar-refractivity contribution in [3.05, 3.63) is 29.8 Å². The first-order valence-electron chi connectivity index (χ1n) is 10.2. The highest BCUT2D eigenvalue weighted by Crippen LogP contribution is 2.23. The quantitative estimate of drug-likeness (QED) is 0.769. The Hall–Kier alpha value is -1.14. The van der Waals surface area contributed by atoms with E-state index in [1.54, 1.807) is 0 Å². The van der Waals surface area contributed by atoms with Crippen molar-refractivity contribution in [1.82, 2.24) is 9.96 Å². The Morgan fingerprint density at radius 2 is 2.00 bits per heavy atom. The highest BCUT2D eigenvalue weighted by Gasteiger charge is 2.20. The normalized spacial score (nSPS) is 21.0. The van der Waals surface area contributed by atoms with Gasteiger partial charge in [-0.15, -0.1) is 0 Å². The summed E-state index contributed by atoms with van der Waals surface area (Å²) in [6.45, 7) is 3.49. The van der Waals surface area contributed by atoms with Crippen LogP contribution in [0.2, 0.25) is 0 Å². The van der Waals surface area contributed by atoms with Gasteiger partial charge in [-0.3, -0.25) is 4.84 Å². The molecule has 1 aliphatic heterocycles. The van der Waals surface area contributed by atoms with E-state index in [-0.39, 0.29) is 0 Å². The minimum atomic E-state index is -0.471. The number of hydroxylamine groups is 2. The molecule has 0 spiro atoms. The minimum Gasteiger partial charge on any atom is -0.491 e. The third-order valence-corrected chi connectivity index (χ3v) is 5.52. The maximum atomic E-state index is 10.4. The summed E-state index contributed by atoms with van der Waals surface area (Å²) in [4.78, 5) is 8.01. The zero-order valence-corrected chi connectivity index (χ0v) is 16.1. The van der Waals surface area contributed by atoms with E-state index in [2.05, 4.69) is 18.0 Å². The van der Waals surface area contributed by atoms with Gasteiger partial charge in [-0.2, -0.15) is 5.06 Å². The Morgan fingerprint density at radius 1 is 1.19 bits per heavy atom. The summed E-state index contributed by atoms with van der Waals surface area (Å²) in [5, 5.41) is 12.4. The van der Waals surface area contributed by atoms with Crippen LogP contribution in [-0.4, -0.2) is 60.6 Å². The molecule has 5 heteroatoms. The number of aliphatic hydroxyl groups excluding tert-OH is 1. The van der Waals surface area contributed by atoms with Crippen LogP contribution in [0, 0.1) is 0 Å². The fourth-order valence-electron chi connectivity index (χ4n) is 3.98. The molecule has 2 aliphatic rings. The third-order valence-electron chi connectivity index (χ3n) is 5.52. The summed E-state index contributed by atoms with van der Waals surface area (Å²) in [7, 11) is 2.13. The van der Waals surface area contributed by atoms with Crippen LogP contribution >= 0.6 is 0 Å². The third kappa shape index (κ3) is 5.95. The van der Waals surface area contributed by atoms with Crippen molar-refractivity contribution < 1.29 is 14.7 Å². The molecule has 1 saturated heterocycles. The fraction of sp³-hybridized carbons (Fsp3) is 0.714. The standard InChI is InChI=1S/C21H34N2O3/c1-22(19-10-3-2-4-11-19)16-20(24)17-25-21-12-6-5-9-18(21)15-23-13-7-8-14-26-23/h5-6,9,12,19-20,24H,2-4,7-8,10-11,13-17H2,1H3/t20-/m0/s1. The number of rotatable bonds is 8. The number of aliphatic hydroxyl groups is 1. The summed E-state index contributed by atoms with van der Waals surface area (Å²) < 4.78 is 5.97. The van der Waals surface area contributed by atoms with Gasteiger partial charge in [0.1, 0.15) is 18.5 Å². The molecule has 1 aromatic rings. The Bertz CT molecular complexity index is 528. The predicted molar refractivity (Wildman–Crippen MR) is 103 cm³/mol. The molecule has 1 aliphatic carbocycles. The van der Waals surface area contributed by atoms with Crippen LogP contribution in [0.1, 0.15) is 50.5 Å². The molecule has 1 saturated carbocycles. The molecule has 1 atom stereocenters. The summed E-state index contributed by atoms with van der Waals surface area (Å²) in [5.74, 6) is 0.848. The van der Waals surface area contributed by atoms with Crippen LogP contribution in [0.25, 0.3) is 0 Å². The molecule has 1 aromatic carbocycles. The van der Waals surface area contributed by atoms with Gasteiger partial charge in [-0.1, -0.05) is 37.5 Å². The molecule has 0 amide bonds. The lowest BCUT2D eigenvalue weighted by molar-refractivity contribution is -0.187. The average molecular weight is 363 g/mol. The number of nitrogens with zero attached hydrogens (tertiary/aromatic N) is 2. The molecular weight excluding hydrogens is 328 g/mol. The van der Waals surface area contributed by atoms with Crippen LogP contribution in [0.3, 0.4) is 0 Å². The second-order valence-electron chi connectivity index (χ2n) is 7.71. The lowest BCUT2D eigenvalue weighted by atomic mass is 9.94. The minimum absolute atomic E-state index is 0.328. The van der Waals surface area contributed by atoms with E-state index in [1.807, 2.05) is 23.3 Å². The van der Waals surface area contributed by atoms with E-state index in [4.69, 9.17) is 9.57 Å². The number of benzene rings is 1. The Balaban J connectivity index is 1.47. The molecule has 2 fully saturated rings. The number of hydrogen-bond donors (Lipinski definition) is 1. The average Bonchev–Trinajstić information content (AvgIpc) is 2.69. The van der Waals surface area contributed by atoms with Crippen LogP contribution in [-0.2, 0) is 11.4 Å². The first-order chi connectivity index (χ1) is 12.7. The maximum Gasteiger partial charge on any atom is 0.124 e. The van der Waals surface area contributed by atoms with Crippen molar-refractivity contribution in [2.45, 2.75) is 63.6 Å². The van der Waals surface area contributed by atoms with Gasteiger partial charge in [-0.05, 0) is 38.8 Å². The molecule has 0 radical (unpaired) electrons. The van der Waals surface area contributed by atoms with Crippen LogP contribution in [0.5, 0.6) is 5.75 Å². The first kappa shape index (κ1) is 19.6. The van der Waals surface area contributed by atoms with E-state index in [0.29, 0.717) is 19.2 Å². The van der Waals surface area contributed by atoms with Gasteiger partial charge in [0.15, 0.2) is 0 Å². The monoisotopic (exact) mass is 362 g/mol. The molecule has 26 heavy (non-hydrogen) atoms.